The molecule has 1 amide bonds. The summed E-state index contributed by atoms with van der Waals surface area (Å²) in [6.45, 7) is 16.9. The van der Waals surface area contributed by atoms with Gasteiger partial charge in [0.05, 0.1) is 37.4 Å². The molecule has 18 heteroatoms. The number of carbonyl (C=O) groups excluding carboxylic acids is 3. The quantitative estimate of drug-likeness (QED) is 0.0771. The van der Waals surface area contributed by atoms with Gasteiger partial charge in [-0.3, -0.25) is 20.0 Å². The Morgan fingerprint density at radius 2 is 0.986 bits per heavy atom. The number of methoxy groups -OCH3 is 2. The van der Waals surface area contributed by atoms with Crippen LogP contribution in [-0.2, 0) is 29.1 Å². The van der Waals surface area contributed by atoms with Crippen molar-refractivity contribution < 1.29 is 43.3 Å². The summed E-state index contributed by atoms with van der Waals surface area (Å²) in [6, 6.07) is 25.0. The number of fused-ring (bicyclic) bond motifs is 3. The van der Waals surface area contributed by atoms with Gasteiger partial charge in [-0.1, -0.05) is 59.7 Å². The number of pyridine rings is 2. The SMILES string of the molecule is CC(C)[C@H]1COc2cc(C(=O)NO)ccc2CN1c1ccncc1.COC(=O)c1ccc2c(c1)OC[C@H](C(C)C)N(c1ccncc1)C2.COC(=O)c1ccc2c(c1)OC[C@H](C(C)C)NC2.S.S.S. The third-order valence-corrected chi connectivity index (χ3v) is 12.0. The Bertz CT molecular complexity index is 2290. The second-order valence-electron chi connectivity index (χ2n) is 17.3. The molecule has 0 fully saturated rings. The highest BCUT2D eigenvalue weighted by Crippen LogP contribution is 2.34. The predicted octanol–water partition coefficient (Wildman–Crippen LogP) is 8.23. The van der Waals surface area contributed by atoms with Crippen molar-refractivity contribution in [1.82, 2.24) is 20.8 Å². The van der Waals surface area contributed by atoms with Crippen LogP contribution >= 0.6 is 40.5 Å². The molecule has 2 aromatic heterocycles. The minimum absolute atomic E-state index is 0. The first kappa shape index (κ1) is 57.7. The van der Waals surface area contributed by atoms with Crippen molar-refractivity contribution in [2.24, 2.45) is 17.8 Å². The average molecular weight is 1010 g/mol. The van der Waals surface area contributed by atoms with Crippen molar-refractivity contribution in [2.75, 3.05) is 43.8 Å². The van der Waals surface area contributed by atoms with E-state index >= 15 is 0 Å². The molecule has 69 heavy (non-hydrogen) atoms. The second kappa shape index (κ2) is 27.5. The molecule has 0 spiro atoms. The monoisotopic (exact) mass is 1000 g/mol. The summed E-state index contributed by atoms with van der Waals surface area (Å²) in [5.41, 5.74) is 8.41. The lowest BCUT2D eigenvalue weighted by Gasteiger charge is -2.33. The van der Waals surface area contributed by atoms with Crippen molar-refractivity contribution in [3.8, 4) is 17.2 Å². The predicted molar refractivity (Wildman–Crippen MR) is 282 cm³/mol. The summed E-state index contributed by atoms with van der Waals surface area (Å²) in [4.78, 5) is 47.7. The Labute approximate surface area is 426 Å². The topological polar surface area (TPSA) is 174 Å². The smallest absolute Gasteiger partial charge is 0.337 e. The Hall–Kier alpha value is -5.66. The van der Waals surface area contributed by atoms with Crippen LogP contribution in [0.25, 0.3) is 0 Å². The maximum Gasteiger partial charge on any atom is 0.337 e. The number of hydrogen-bond donors (Lipinski definition) is 3. The molecule has 0 unspecified atom stereocenters. The van der Waals surface area contributed by atoms with Gasteiger partial charge in [0.1, 0.15) is 37.1 Å². The zero-order chi connectivity index (χ0) is 47.3. The van der Waals surface area contributed by atoms with E-state index in [4.69, 9.17) is 28.9 Å². The third kappa shape index (κ3) is 14.9. The van der Waals surface area contributed by atoms with Gasteiger partial charge in [-0.05, 0) is 78.4 Å². The minimum atomic E-state index is -0.544. The summed E-state index contributed by atoms with van der Waals surface area (Å²) >= 11 is 0. The first-order valence-electron chi connectivity index (χ1n) is 22.3. The van der Waals surface area contributed by atoms with Gasteiger partial charge in [0, 0.05) is 84.1 Å². The number of amides is 1. The number of carbonyl (C=O) groups is 3. The number of nitrogens with zero attached hydrogens (tertiary/aromatic N) is 4. The minimum Gasteiger partial charge on any atom is -0.492 e. The highest BCUT2D eigenvalue weighted by atomic mass is 32.1. The molecule has 374 valence electrons. The molecule has 3 aromatic carbocycles. The van der Waals surface area contributed by atoms with Gasteiger partial charge in [-0.2, -0.15) is 40.5 Å². The normalized spacial score (nSPS) is 16.7. The van der Waals surface area contributed by atoms with Crippen molar-refractivity contribution in [3.63, 3.8) is 0 Å². The molecule has 5 heterocycles. The number of nitrogens with one attached hydrogen (secondary N) is 2. The number of rotatable bonds is 8. The van der Waals surface area contributed by atoms with Crippen molar-refractivity contribution in [2.45, 2.75) is 79.3 Å². The molecule has 0 aliphatic carbocycles. The molecular weight excluding hydrogens is 937 g/mol. The summed E-state index contributed by atoms with van der Waals surface area (Å²) in [5, 5.41) is 12.3. The van der Waals surface area contributed by atoms with E-state index in [0.29, 0.717) is 72.6 Å². The summed E-state index contributed by atoms with van der Waals surface area (Å²) in [7, 11) is 2.76. The van der Waals surface area contributed by atoms with Crippen LogP contribution in [0.1, 0.15) is 89.3 Å². The number of esters is 2. The number of benzene rings is 3. The van der Waals surface area contributed by atoms with E-state index in [1.807, 2.05) is 42.5 Å². The summed E-state index contributed by atoms with van der Waals surface area (Å²) in [5.74, 6) is 2.31. The lowest BCUT2D eigenvalue weighted by Crippen LogP contribution is -2.41. The van der Waals surface area contributed by atoms with Gasteiger partial charge in [-0.15, -0.1) is 0 Å². The van der Waals surface area contributed by atoms with Crippen LogP contribution in [0.5, 0.6) is 17.2 Å². The highest BCUT2D eigenvalue weighted by Gasteiger charge is 2.30. The van der Waals surface area contributed by atoms with Crippen LogP contribution in [0.4, 0.5) is 11.4 Å². The van der Waals surface area contributed by atoms with Crippen LogP contribution < -0.4 is 34.8 Å². The number of hydroxylamine groups is 1. The molecule has 3 N–H and O–H groups in total. The second-order valence-corrected chi connectivity index (χ2v) is 17.3. The van der Waals surface area contributed by atoms with Gasteiger partial charge in [0.25, 0.3) is 5.91 Å². The Morgan fingerprint density at radius 1 is 0.594 bits per heavy atom. The van der Waals surface area contributed by atoms with Crippen molar-refractivity contribution in [3.05, 3.63) is 137 Å². The maximum absolute atomic E-state index is 11.7. The number of hydrogen-bond acceptors (Lipinski definition) is 14. The molecule has 3 atom stereocenters. The van der Waals surface area contributed by atoms with E-state index in [1.54, 1.807) is 66.7 Å². The fraction of sp³-hybridized carbons (Fsp3) is 0.392. The van der Waals surface area contributed by atoms with Crippen molar-refractivity contribution >= 4 is 69.7 Å². The largest absolute Gasteiger partial charge is 0.492 e. The molecule has 0 saturated carbocycles. The molecule has 5 aromatic rings. The van der Waals surface area contributed by atoms with Crippen LogP contribution in [0.3, 0.4) is 0 Å². The maximum atomic E-state index is 11.7. The van der Waals surface area contributed by atoms with Crippen LogP contribution in [0.2, 0.25) is 0 Å². The molecular formula is C51H68N6O9S3. The zero-order valence-electron chi connectivity index (χ0n) is 40.5. The van der Waals surface area contributed by atoms with Crippen LogP contribution in [0.15, 0.2) is 104 Å². The van der Waals surface area contributed by atoms with Gasteiger partial charge in [0.15, 0.2) is 0 Å². The van der Waals surface area contributed by atoms with Crippen LogP contribution in [0, 0.1) is 17.8 Å². The van der Waals surface area contributed by atoms with Crippen LogP contribution in [-0.4, -0.2) is 85.2 Å². The standard InChI is InChI=1S/C19H22N2O3.C18H21N3O3.C14H19NO3.3H2S/c1-13(2)17-12-24-18-10-14(19(22)23-3)4-5-15(18)11-21(17)16-6-8-20-9-7-16;1-12(2)16-11-24-17-9-13(18(22)20-23)3-4-14(17)10-21(16)15-5-7-19-8-6-15;1-9(2)12-8-18-13-6-10(14(16)17-3)4-5-11(13)7-15-12;;;/h4-10,13,17H,11-12H2,1-3H3;3-9,12,16,23H,10-11H2,1-2H3,(H,20,22);4-6,9,12,15H,7-8H2,1-3H3;3*1H2/t17-;16-;12-;;;/m111.../s1. The van der Waals surface area contributed by atoms with E-state index in [1.165, 1.54) is 14.2 Å². The molecule has 8 rings (SSSR count). The van der Waals surface area contributed by atoms with E-state index in [-0.39, 0.29) is 64.5 Å². The van der Waals surface area contributed by atoms with Gasteiger partial charge in [-0.25, -0.2) is 15.1 Å². The first-order chi connectivity index (χ1) is 31.8. The number of anilines is 2. The Kier molecular flexibility index (Phi) is 23.0. The molecule has 3 aliphatic rings. The number of aromatic nitrogens is 2. The lowest BCUT2D eigenvalue weighted by atomic mass is 10.0. The molecule has 0 radical (unpaired) electrons. The van der Waals surface area contributed by atoms with E-state index in [9.17, 15) is 14.4 Å². The number of ether oxygens (including phenoxy) is 5. The van der Waals surface area contributed by atoms with E-state index in [2.05, 4.69) is 66.6 Å². The molecule has 0 bridgehead atoms. The lowest BCUT2D eigenvalue weighted by molar-refractivity contribution is 0.0591. The van der Waals surface area contributed by atoms with E-state index < -0.39 is 5.91 Å². The Balaban J connectivity index is 0.000000271. The first-order valence-corrected chi connectivity index (χ1v) is 22.3. The van der Waals surface area contributed by atoms with E-state index in [0.717, 1.165) is 52.7 Å². The van der Waals surface area contributed by atoms with Gasteiger partial charge < -0.3 is 38.8 Å². The fourth-order valence-corrected chi connectivity index (χ4v) is 7.95. The summed E-state index contributed by atoms with van der Waals surface area (Å²) in [6.07, 6.45) is 7.18. The van der Waals surface area contributed by atoms with Gasteiger partial charge >= 0.3 is 11.9 Å². The molecule has 3 aliphatic heterocycles. The van der Waals surface area contributed by atoms with Crippen molar-refractivity contribution in [1.29, 1.82) is 0 Å². The molecule has 15 nitrogen and oxygen atoms in total. The average Bonchev–Trinajstić information content (AvgIpc) is 3.78. The fourth-order valence-electron chi connectivity index (χ4n) is 7.95. The zero-order valence-corrected chi connectivity index (χ0v) is 43.5. The third-order valence-electron chi connectivity index (χ3n) is 12.0. The summed E-state index contributed by atoms with van der Waals surface area (Å²) < 4.78 is 27.3. The Morgan fingerprint density at radius 3 is 1.39 bits per heavy atom. The molecule has 0 saturated heterocycles. The van der Waals surface area contributed by atoms with Gasteiger partial charge in [0.2, 0.25) is 0 Å². The highest BCUT2D eigenvalue weighted by molar-refractivity contribution is 7.59.